The number of benzene rings is 1. The van der Waals surface area contributed by atoms with Gasteiger partial charge >= 0.3 is 0 Å². The van der Waals surface area contributed by atoms with Crippen LogP contribution in [0.5, 0.6) is 0 Å². The third kappa shape index (κ3) is 3.97. The molecule has 2 aliphatic heterocycles. The summed E-state index contributed by atoms with van der Waals surface area (Å²) in [5.74, 6) is 0. The lowest BCUT2D eigenvalue weighted by Gasteiger charge is -2.27. The normalized spacial score (nSPS) is 22.5. The van der Waals surface area contributed by atoms with Gasteiger partial charge in [0.25, 0.3) is 0 Å². The number of fused-ring (bicyclic) bond motifs is 1. The lowest BCUT2D eigenvalue weighted by Crippen LogP contribution is -2.35. The largest absolute Gasteiger partial charge is 0.377 e. The van der Waals surface area contributed by atoms with Gasteiger partial charge in [-0.3, -0.25) is 0 Å². The van der Waals surface area contributed by atoms with E-state index in [9.17, 15) is 16.8 Å². The Kier molecular flexibility index (Phi) is 4.99. The molecule has 2 heterocycles. The number of hydrogen-bond donors (Lipinski definition) is 1. The van der Waals surface area contributed by atoms with Gasteiger partial charge in [-0.1, -0.05) is 6.07 Å². The third-order valence-electron chi connectivity index (χ3n) is 4.46. The van der Waals surface area contributed by atoms with Crippen LogP contribution in [0.3, 0.4) is 0 Å². The molecule has 1 N–H and O–H groups in total. The lowest BCUT2D eigenvalue weighted by atomic mass is 10.0. The molecule has 0 radical (unpaired) electrons. The van der Waals surface area contributed by atoms with Gasteiger partial charge in [-0.15, -0.1) is 0 Å². The van der Waals surface area contributed by atoms with Crippen molar-refractivity contribution in [3.8, 4) is 0 Å². The number of rotatable bonds is 5. The number of sulfonamides is 2. The summed E-state index contributed by atoms with van der Waals surface area (Å²) >= 11 is 0. The van der Waals surface area contributed by atoms with E-state index in [1.54, 1.807) is 12.1 Å². The third-order valence-corrected chi connectivity index (χ3v) is 7.13. The molecule has 0 spiro atoms. The lowest BCUT2D eigenvalue weighted by molar-refractivity contribution is 0.114. The fraction of sp³-hybridized carbons (Fsp3) is 0.600. The van der Waals surface area contributed by atoms with Crippen LogP contribution in [-0.2, 0) is 37.7 Å². The summed E-state index contributed by atoms with van der Waals surface area (Å²) in [6.45, 7) is 1.62. The second-order valence-corrected chi connectivity index (χ2v) is 10.0. The number of hydrogen-bond acceptors (Lipinski definition) is 5. The maximum absolute atomic E-state index is 12.4. The van der Waals surface area contributed by atoms with Crippen molar-refractivity contribution in [1.82, 2.24) is 9.03 Å². The first kappa shape index (κ1) is 17.8. The van der Waals surface area contributed by atoms with Gasteiger partial charge in [0.1, 0.15) is 0 Å². The fourth-order valence-electron chi connectivity index (χ4n) is 3.05. The summed E-state index contributed by atoms with van der Waals surface area (Å²) in [7, 11) is -6.82. The molecule has 9 heteroatoms. The molecule has 0 aromatic heterocycles. The van der Waals surface area contributed by atoms with Crippen LogP contribution in [0.2, 0.25) is 0 Å². The molecule has 1 saturated heterocycles. The maximum Gasteiger partial charge on any atom is 0.240 e. The zero-order valence-electron chi connectivity index (χ0n) is 13.6. The molecule has 1 aromatic carbocycles. The Labute approximate surface area is 143 Å². The van der Waals surface area contributed by atoms with Crippen molar-refractivity contribution < 1.29 is 21.6 Å². The van der Waals surface area contributed by atoms with Crippen LogP contribution < -0.4 is 4.72 Å². The first-order chi connectivity index (χ1) is 11.3. The summed E-state index contributed by atoms with van der Waals surface area (Å²) in [5.41, 5.74) is 1.74. The van der Waals surface area contributed by atoms with Gasteiger partial charge in [-0.25, -0.2) is 21.6 Å². The zero-order valence-corrected chi connectivity index (χ0v) is 15.2. The Hall–Kier alpha value is -1.00. The number of ether oxygens (including phenoxy) is 1. The molecular weight excluding hydrogens is 352 g/mol. The molecule has 24 heavy (non-hydrogen) atoms. The maximum atomic E-state index is 12.4. The van der Waals surface area contributed by atoms with Crippen LogP contribution in [0.25, 0.3) is 0 Å². The van der Waals surface area contributed by atoms with E-state index in [0.29, 0.717) is 19.6 Å². The van der Waals surface area contributed by atoms with Crippen LogP contribution in [0.1, 0.15) is 24.0 Å². The first-order valence-electron chi connectivity index (χ1n) is 7.94. The van der Waals surface area contributed by atoms with E-state index in [-0.39, 0.29) is 24.1 Å². The van der Waals surface area contributed by atoms with E-state index in [4.69, 9.17) is 4.74 Å². The van der Waals surface area contributed by atoms with Crippen LogP contribution in [-0.4, -0.2) is 53.2 Å². The highest BCUT2D eigenvalue weighted by molar-refractivity contribution is 7.89. The molecule has 0 unspecified atom stereocenters. The Morgan fingerprint density at radius 3 is 2.71 bits per heavy atom. The molecule has 2 aliphatic rings. The average Bonchev–Trinajstić information content (AvgIpc) is 3.04. The summed E-state index contributed by atoms with van der Waals surface area (Å²) in [6, 6.07) is 4.88. The predicted octanol–water partition coefficient (Wildman–Crippen LogP) is 0.462. The zero-order chi connectivity index (χ0) is 17.4. The van der Waals surface area contributed by atoms with Gasteiger partial charge in [-0.2, -0.15) is 4.31 Å². The van der Waals surface area contributed by atoms with Crippen molar-refractivity contribution in [3.05, 3.63) is 29.3 Å². The highest BCUT2D eigenvalue weighted by atomic mass is 32.2. The highest BCUT2D eigenvalue weighted by Gasteiger charge is 2.25. The molecule has 134 valence electrons. The van der Waals surface area contributed by atoms with Crippen LogP contribution >= 0.6 is 0 Å². The molecule has 1 aromatic rings. The second kappa shape index (κ2) is 6.72. The van der Waals surface area contributed by atoms with Crippen molar-refractivity contribution in [2.45, 2.75) is 36.8 Å². The molecule has 0 saturated carbocycles. The molecule has 0 bridgehead atoms. The summed E-state index contributed by atoms with van der Waals surface area (Å²) in [4.78, 5) is 0.215. The second-order valence-electron chi connectivity index (χ2n) is 6.26. The van der Waals surface area contributed by atoms with Crippen molar-refractivity contribution in [3.63, 3.8) is 0 Å². The number of nitrogens with zero attached hydrogens (tertiary/aromatic N) is 1. The smallest absolute Gasteiger partial charge is 0.240 e. The molecular formula is C15H22N2O5S2. The van der Waals surface area contributed by atoms with Crippen LogP contribution in [0.4, 0.5) is 0 Å². The highest BCUT2D eigenvalue weighted by Crippen LogP contribution is 2.24. The van der Waals surface area contributed by atoms with Gasteiger partial charge in [-0.05, 0) is 42.5 Å². The average molecular weight is 374 g/mol. The van der Waals surface area contributed by atoms with Gasteiger partial charge in [0.15, 0.2) is 0 Å². The molecule has 1 atom stereocenters. The van der Waals surface area contributed by atoms with Crippen molar-refractivity contribution >= 4 is 20.0 Å². The Bertz CT molecular complexity index is 814. The van der Waals surface area contributed by atoms with Crippen LogP contribution in [0.15, 0.2) is 23.1 Å². The van der Waals surface area contributed by atoms with Crippen molar-refractivity contribution in [2.75, 3.05) is 26.0 Å². The predicted molar refractivity (Wildman–Crippen MR) is 89.6 cm³/mol. The molecule has 3 rings (SSSR count). The van der Waals surface area contributed by atoms with Gasteiger partial charge < -0.3 is 4.74 Å². The van der Waals surface area contributed by atoms with E-state index in [2.05, 4.69) is 4.72 Å². The SMILES string of the molecule is CS(=O)(=O)N1CCc2cc(S(=O)(=O)NC[C@@H]3CCCO3)ccc2C1. The Morgan fingerprint density at radius 1 is 1.25 bits per heavy atom. The minimum absolute atomic E-state index is 0.0549. The Morgan fingerprint density at radius 2 is 2.04 bits per heavy atom. The van der Waals surface area contributed by atoms with Crippen molar-refractivity contribution in [1.29, 1.82) is 0 Å². The van der Waals surface area contributed by atoms with E-state index in [1.165, 1.54) is 16.6 Å². The summed E-state index contributed by atoms with van der Waals surface area (Å²) in [5, 5.41) is 0. The standard InChI is InChI=1S/C15H22N2O5S2/c1-23(18,19)17-7-6-12-9-15(5-4-13(12)11-17)24(20,21)16-10-14-3-2-8-22-14/h4-5,9,14,16H,2-3,6-8,10-11H2,1H3/t14-/m0/s1. The molecule has 0 aliphatic carbocycles. The quantitative estimate of drug-likeness (QED) is 0.808. The summed E-state index contributed by atoms with van der Waals surface area (Å²) < 4.78 is 57.6. The minimum Gasteiger partial charge on any atom is -0.377 e. The fourth-order valence-corrected chi connectivity index (χ4v) is 4.96. The van der Waals surface area contributed by atoms with E-state index in [1.807, 2.05) is 0 Å². The molecule has 1 fully saturated rings. The topological polar surface area (TPSA) is 92.8 Å². The Balaban J connectivity index is 1.74. The van der Waals surface area contributed by atoms with Crippen LogP contribution in [0, 0.1) is 0 Å². The van der Waals surface area contributed by atoms with E-state index < -0.39 is 20.0 Å². The molecule has 0 amide bonds. The monoisotopic (exact) mass is 374 g/mol. The van der Waals surface area contributed by atoms with Gasteiger partial charge in [0.05, 0.1) is 17.3 Å². The van der Waals surface area contributed by atoms with Gasteiger partial charge in [0.2, 0.25) is 20.0 Å². The number of nitrogens with one attached hydrogen (secondary N) is 1. The van der Waals surface area contributed by atoms with E-state index in [0.717, 1.165) is 24.0 Å². The first-order valence-corrected chi connectivity index (χ1v) is 11.3. The van der Waals surface area contributed by atoms with E-state index >= 15 is 0 Å². The van der Waals surface area contributed by atoms with Gasteiger partial charge in [0, 0.05) is 26.2 Å². The molecule has 7 nitrogen and oxygen atoms in total. The van der Waals surface area contributed by atoms with Crippen molar-refractivity contribution in [2.24, 2.45) is 0 Å². The summed E-state index contributed by atoms with van der Waals surface area (Å²) in [6.07, 6.45) is 3.47. The minimum atomic E-state index is -3.59.